The summed E-state index contributed by atoms with van der Waals surface area (Å²) in [6, 6.07) is -0.623. The Kier molecular flexibility index (Phi) is 74.8. The Morgan fingerprint density at radius 1 is 0.314 bits per heavy atom. The van der Waals surface area contributed by atoms with Crippen molar-refractivity contribution in [3.05, 3.63) is 12.2 Å². The van der Waals surface area contributed by atoms with Gasteiger partial charge in [-0.3, -0.25) is 9.59 Å². The molecule has 0 radical (unpaired) electrons. The van der Waals surface area contributed by atoms with Crippen molar-refractivity contribution in [2.45, 2.75) is 475 Å². The zero-order valence-electron chi connectivity index (χ0n) is 58.8. The molecule has 0 aromatic rings. The van der Waals surface area contributed by atoms with Crippen LogP contribution in [0.3, 0.4) is 0 Å². The van der Waals surface area contributed by atoms with E-state index in [1.54, 1.807) is 6.08 Å². The van der Waals surface area contributed by atoms with Gasteiger partial charge in [-0.2, -0.15) is 0 Å². The van der Waals surface area contributed by atoms with Gasteiger partial charge in [-0.15, -0.1) is 0 Å². The normalized spacial score (nSPS) is 12.5. The molecule has 2 unspecified atom stereocenters. The van der Waals surface area contributed by atoms with E-state index in [2.05, 4.69) is 19.2 Å². The highest BCUT2D eigenvalue weighted by Gasteiger charge is 2.18. The van der Waals surface area contributed by atoms with Crippen LogP contribution in [-0.4, -0.2) is 47.4 Å². The molecule has 0 saturated heterocycles. The number of aliphatic hydroxyl groups is 2. The van der Waals surface area contributed by atoms with Crippen LogP contribution in [-0.2, 0) is 14.3 Å². The Bertz CT molecular complexity index is 1300. The highest BCUT2D eigenvalue weighted by molar-refractivity contribution is 5.76. The van der Waals surface area contributed by atoms with Crippen molar-refractivity contribution in [3.63, 3.8) is 0 Å². The molecule has 0 aromatic carbocycles. The van der Waals surface area contributed by atoms with Gasteiger partial charge in [0.25, 0.3) is 0 Å². The lowest BCUT2D eigenvalue weighted by Gasteiger charge is -2.20. The second-order valence-corrected chi connectivity index (χ2v) is 27.8. The standard InChI is InChI=1S/C80H157NO5/c1-3-5-7-9-11-13-15-17-18-42-45-49-52-56-60-64-68-72-78(83)77(76-82)81-79(84)73-69-65-61-57-53-50-46-43-40-38-36-34-32-30-28-26-24-22-20-19-21-23-25-27-29-31-33-35-37-39-41-44-47-51-55-59-63-67-71-75-86-80(85)74-70-66-62-58-54-48-16-14-12-10-8-6-4-2/h68,72,77-78,82-83H,3-67,69-71,73-76H2,1-2H3,(H,81,84)/b72-68+. The van der Waals surface area contributed by atoms with Crippen LogP contribution in [0.2, 0.25) is 0 Å². The summed E-state index contributed by atoms with van der Waals surface area (Å²) in [5.41, 5.74) is 0. The molecule has 0 aromatic heterocycles. The van der Waals surface area contributed by atoms with E-state index in [0.29, 0.717) is 19.4 Å². The van der Waals surface area contributed by atoms with Crippen LogP contribution in [0.1, 0.15) is 463 Å². The van der Waals surface area contributed by atoms with Gasteiger partial charge in [-0.1, -0.05) is 431 Å². The summed E-state index contributed by atoms with van der Waals surface area (Å²) in [4.78, 5) is 24.6. The molecule has 2 atom stereocenters. The SMILES string of the molecule is CCCCCCCCCCCCCCCCC/C=C/C(O)C(CO)NC(=O)CCCCCCCCCCCCCCCCCCCCCCCCCCCCCCCCCCCCCCCCCOC(=O)CCCCCCCCCCCCCCC. The number of hydrogen-bond donors (Lipinski definition) is 3. The van der Waals surface area contributed by atoms with Crippen molar-refractivity contribution in [1.82, 2.24) is 5.32 Å². The number of rotatable bonds is 76. The molecular weight excluding hydrogens is 1050 g/mol. The van der Waals surface area contributed by atoms with Crippen molar-refractivity contribution >= 4 is 11.9 Å². The smallest absolute Gasteiger partial charge is 0.305 e. The molecular formula is C80H157NO5. The quantitative estimate of drug-likeness (QED) is 0.0320. The van der Waals surface area contributed by atoms with Crippen molar-refractivity contribution in [1.29, 1.82) is 0 Å². The second-order valence-electron chi connectivity index (χ2n) is 27.8. The molecule has 0 aliphatic heterocycles. The summed E-state index contributed by atoms with van der Waals surface area (Å²) >= 11 is 0. The summed E-state index contributed by atoms with van der Waals surface area (Å²) in [7, 11) is 0. The number of unbranched alkanes of at least 4 members (excludes halogenated alkanes) is 65. The van der Waals surface area contributed by atoms with Gasteiger partial charge in [0.05, 0.1) is 25.4 Å². The fraction of sp³-hybridized carbons (Fsp3) is 0.950. The Labute approximate surface area is 539 Å². The largest absolute Gasteiger partial charge is 0.466 e. The first-order valence-corrected chi connectivity index (χ1v) is 40.0. The maximum atomic E-state index is 12.5. The summed E-state index contributed by atoms with van der Waals surface area (Å²) < 4.78 is 5.50. The van der Waals surface area contributed by atoms with E-state index in [1.165, 1.54) is 398 Å². The summed E-state index contributed by atoms with van der Waals surface area (Å²) in [5, 5.41) is 23.2. The minimum Gasteiger partial charge on any atom is -0.466 e. The Hall–Kier alpha value is -1.40. The molecule has 1 amide bonds. The van der Waals surface area contributed by atoms with Gasteiger partial charge in [-0.05, 0) is 32.1 Å². The summed E-state index contributed by atoms with van der Waals surface area (Å²) in [6.45, 7) is 4.96. The molecule has 512 valence electrons. The molecule has 3 N–H and O–H groups in total. The molecule has 0 spiro atoms. The predicted molar refractivity (Wildman–Crippen MR) is 380 cm³/mol. The van der Waals surface area contributed by atoms with Crippen molar-refractivity contribution in [2.75, 3.05) is 13.2 Å². The average molecular weight is 1210 g/mol. The number of nitrogens with one attached hydrogen (secondary N) is 1. The lowest BCUT2D eigenvalue weighted by Crippen LogP contribution is -2.45. The van der Waals surface area contributed by atoms with Gasteiger partial charge in [0.2, 0.25) is 5.91 Å². The minimum atomic E-state index is -0.840. The van der Waals surface area contributed by atoms with Gasteiger partial charge in [0, 0.05) is 12.8 Å². The molecule has 0 heterocycles. The average Bonchev–Trinajstić information content (AvgIpc) is 3.56. The first-order valence-electron chi connectivity index (χ1n) is 40.0. The highest BCUT2D eigenvalue weighted by atomic mass is 16.5. The van der Waals surface area contributed by atoms with Gasteiger partial charge in [-0.25, -0.2) is 0 Å². The maximum absolute atomic E-state index is 12.5. The highest BCUT2D eigenvalue weighted by Crippen LogP contribution is 2.20. The molecule has 0 aliphatic carbocycles. The van der Waals surface area contributed by atoms with Crippen LogP contribution in [0.25, 0.3) is 0 Å². The number of hydrogen-bond acceptors (Lipinski definition) is 5. The van der Waals surface area contributed by atoms with Crippen LogP contribution < -0.4 is 5.32 Å². The third kappa shape index (κ3) is 71.7. The molecule has 0 rings (SSSR count). The molecule has 86 heavy (non-hydrogen) atoms. The van der Waals surface area contributed by atoms with Crippen molar-refractivity contribution in [2.24, 2.45) is 0 Å². The number of carbonyl (C=O) groups excluding carboxylic acids is 2. The Morgan fingerprint density at radius 3 is 0.791 bits per heavy atom. The van der Waals surface area contributed by atoms with E-state index in [4.69, 9.17) is 4.74 Å². The van der Waals surface area contributed by atoms with E-state index in [9.17, 15) is 19.8 Å². The number of amides is 1. The Morgan fingerprint density at radius 2 is 0.535 bits per heavy atom. The van der Waals surface area contributed by atoms with E-state index in [-0.39, 0.29) is 18.5 Å². The zero-order valence-corrected chi connectivity index (χ0v) is 58.8. The van der Waals surface area contributed by atoms with E-state index >= 15 is 0 Å². The second kappa shape index (κ2) is 76.1. The summed E-state index contributed by atoms with van der Waals surface area (Å²) in [5.74, 6) is -0.0312. The first-order chi connectivity index (χ1) is 42.5. The number of ether oxygens (including phenoxy) is 1. The van der Waals surface area contributed by atoms with Crippen LogP contribution in [0.4, 0.5) is 0 Å². The van der Waals surface area contributed by atoms with Crippen LogP contribution in [0, 0.1) is 0 Å². The lowest BCUT2D eigenvalue weighted by molar-refractivity contribution is -0.143. The molecule has 6 heteroatoms. The lowest BCUT2D eigenvalue weighted by atomic mass is 10.0. The van der Waals surface area contributed by atoms with Gasteiger partial charge in [0.1, 0.15) is 0 Å². The molecule has 0 fully saturated rings. The minimum absolute atomic E-state index is 0.0265. The maximum Gasteiger partial charge on any atom is 0.305 e. The van der Waals surface area contributed by atoms with E-state index < -0.39 is 12.1 Å². The molecule has 0 aliphatic rings. The number of carbonyl (C=O) groups is 2. The first kappa shape index (κ1) is 84.6. The number of esters is 1. The fourth-order valence-electron chi connectivity index (χ4n) is 13.0. The third-order valence-electron chi connectivity index (χ3n) is 19.1. The monoisotopic (exact) mass is 1210 g/mol. The van der Waals surface area contributed by atoms with Crippen molar-refractivity contribution in [3.8, 4) is 0 Å². The molecule has 6 nitrogen and oxygen atoms in total. The predicted octanol–water partition coefficient (Wildman–Crippen LogP) is 26.3. The van der Waals surface area contributed by atoms with Gasteiger partial charge in [0.15, 0.2) is 0 Å². The Balaban J connectivity index is 3.30. The number of allylic oxidation sites excluding steroid dienone is 1. The van der Waals surface area contributed by atoms with Gasteiger partial charge < -0.3 is 20.3 Å². The van der Waals surface area contributed by atoms with Crippen molar-refractivity contribution < 1.29 is 24.5 Å². The van der Waals surface area contributed by atoms with Crippen LogP contribution >= 0.6 is 0 Å². The third-order valence-corrected chi connectivity index (χ3v) is 19.1. The van der Waals surface area contributed by atoms with Gasteiger partial charge >= 0.3 is 5.97 Å². The van der Waals surface area contributed by atoms with Crippen LogP contribution in [0.5, 0.6) is 0 Å². The van der Waals surface area contributed by atoms with Crippen LogP contribution in [0.15, 0.2) is 12.2 Å². The van der Waals surface area contributed by atoms with E-state index in [0.717, 1.165) is 38.5 Å². The zero-order chi connectivity index (χ0) is 62.0. The summed E-state index contributed by atoms with van der Waals surface area (Å²) in [6.07, 6.45) is 96.4. The molecule has 0 bridgehead atoms. The molecule has 0 saturated carbocycles. The number of aliphatic hydroxyl groups excluding tert-OH is 2. The topological polar surface area (TPSA) is 95.9 Å². The van der Waals surface area contributed by atoms with E-state index in [1.807, 2.05) is 6.08 Å². The fourth-order valence-corrected chi connectivity index (χ4v) is 13.0.